The van der Waals surface area contributed by atoms with Gasteiger partial charge in [-0.2, -0.15) is 0 Å². The van der Waals surface area contributed by atoms with Crippen LogP contribution in [-0.2, 0) is 6.54 Å². The van der Waals surface area contributed by atoms with E-state index in [2.05, 4.69) is 15.3 Å². The van der Waals surface area contributed by atoms with Gasteiger partial charge in [-0.1, -0.05) is 6.07 Å². The van der Waals surface area contributed by atoms with E-state index in [9.17, 15) is 8.78 Å². The number of nitrogens with zero attached hydrogens (tertiary/aromatic N) is 2. The summed E-state index contributed by atoms with van der Waals surface area (Å²) in [5, 5.41) is 2.96. The molecule has 10 heteroatoms. The molecular formula is C18H21F2IN4O3. The Labute approximate surface area is 178 Å². The van der Waals surface area contributed by atoms with E-state index in [0.29, 0.717) is 36.0 Å². The number of aromatic nitrogens is 1. The van der Waals surface area contributed by atoms with E-state index in [0.717, 1.165) is 6.42 Å². The summed E-state index contributed by atoms with van der Waals surface area (Å²) in [4.78, 5) is 8.16. The van der Waals surface area contributed by atoms with Crippen molar-refractivity contribution in [2.45, 2.75) is 19.4 Å². The lowest BCUT2D eigenvalue weighted by molar-refractivity contribution is 0.0791. The number of alkyl halides is 2. The van der Waals surface area contributed by atoms with Crippen molar-refractivity contribution in [1.29, 1.82) is 0 Å². The van der Waals surface area contributed by atoms with Gasteiger partial charge in [-0.05, 0) is 18.2 Å². The Morgan fingerprint density at radius 2 is 2.04 bits per heavy atom. The van der Waals surface area contributed by atoms with Gasteiger partial charge >= 0.3 is 0 Å². The van der Waals surface area contributed by atoms with Crippen LogP contribution in [0, 0.1) is 0 Å². The zero-order valence-corrected chi connectivity index (χ0v) is 17.3. The molecule has 0 aliphatic carbocycles. The molecule has 0 amide bonds. The third-order valence-electron chi connectivity index (χ3n) is 3.64. The van der Waals surface area contributed by atoms with Crippen molar-refractivity contribution in [2.75, 3.05) is 25.1 Å². The van der Waals surface area contributed by atoms with Crippen molar-refractivity contribution in [1.82, 2.24) is 4.98 Å². The smallest absolute Gasteiger partial charge is 0.272 e. The second-order valence-corrected chi connectivity index (χ2v) is 5.71. The van der Waals surface area contributed by atoms with Crippen molar-refractivity contribution in [3.8, 4) is 17.4 Å². The SMILES string of the molecule is I.NC(=NCc1cccnc1OCC(F)F)Nc1ccc2c(c1)OCCCO2. The van der Waals surface area contributed by atoms with Gasteiger partial charge in [-0.25, -0.2) is 18.8 Å². The highest BCUT2D eigenvalue weighted by atomic mass is 127. The first-order valence-corrected chi connectivity index (χ1v) is 8.43. The van der Waals surface area contributed by atoms with E-state index in [-0.39, 0.29) is 42.4 Å². The molecular weight excluding hydrogens is 485 g/mol. The van der Waals surface area contributed by atoms with Crippen LogP contribution in [-0.4, -0.2) is 37.2 Å². The van der Waals surface area contributed by atoms with Crippen molar-refractivity contribution in [2.24, 2.45) is 10.7 Å². The Balaban J connectivity index is 0.00000280. The fourth-order valence-corrected chi connectivity index (χ4v) is 2.42. The number of pyridine rings is 1. The van der Waals surface area contributed by atoms with Crippen LogP contribution in [0.2, 0.25) is 0 Å². The second kappa shape index (κ2) is 10.8. The fraction of sp³-hybridized carbons (Fsp3) is 0.333. The molecule has 0 atom stereocenters. The first-order chi connectivity index (χ1) is 13.1. The van der Waals surface area contributed by atoms with Crippen LogP contribution in [0.1, 0.15) is 12.0 Å². The number of nitrogens with one attached hydrogen (secondary N) is 1. The maximum absolute atomic E-state index is 12.3. The molecule has 0 unspecified atom stereocenters. The minimum absolute atomic E-state index is 0. The Bertz CT molecular complexity index is 808. The van der Waals surface area contributed by atoms with Crippen LogP contribution in [0.5, 0.6) is 17.4 Å². The molecule has 28 heavy (non-hydrogen) atoms. The van der Waals surface area contributed by atoms with E-state index in [4.69, 9.17) is 19.9 Å². The van der Waals surface area contributed by atoms with Gasteiger partial charge in [-0.3, -0.25) is 0 Å². The van der Waals surface area contributed by atoms with E-state index in [1.807, 2.05) is 0 Å². The minimum atomic E-state index is -2.57. The number of anilines is 1. The van der Waals surface area contributed by atoms with Crippen LogP contribution in [0.15, 0.2) is 41.5 Å². The summed E-state index contributed by atoms with van der Waals surface area (Å²) in [5.41, 5.74) is 7.17. The number of aliphatic imine (C=N–C) groups is 1. The highest BCUT2D eigenvalue weighted by Crippen LogP contribution is 2.32. The van der Waals surface area contributed by atoms with E-state index in [1.54, 1.807) is 30.3 Å². The van der Waals surface area contributed by atoms with Crippen LogP contribution >= 0.6 is 24.0 Å². The van der Waals surface area contributed by atoms with E-state index in [1.165, 1.54) is 6.20 Å². The maximum Gasteiger partial charge on any atom is 0.272 e. The van der Waals surface area contributed by atoms with Crippen LogP contribution < -0.4 is 25.3 Å². The number of benzene rings is 1. The summed E-state index contributed by atoms with van der Waals surface area (Å²) >= 11 is 0. The molecule has 7 nitrogen and oxygen atoms in total. The lowest BCUT2D eigenvalue weighted by Crippen LogP contribution is -2.22. The van der Waals surface area contributed by atoms with E-state index < -0.39 is 13.0 Å². The lowest BCUT2D eigenvalue weighted by Gasteiger charge is -2.11. The highest BCUT2D eigenvalue weighted by Gasteiger charge is 2.11. The molecule has 0 radical (unpaired) electrons. The number of hydrogen-bond donors (Lipinski definition) is 2. The Morgan fingerprint density at radius 1 is 1.25 bits per heavy atom. The third-order valence-corrected chi connectivity index (χ3v) is 3.64. The molecule has 1 aromatic heterocycles. The number of guanidine groups is 1. The maximum atomic E-state index is 12.3. The van der Waals surface area contributed by atoms with Gasteiger partial charge in [0, 0.05) is 29.9 Å². The number of fused-ring (bicyclic) bond motifs is 1. The summed E-state index contributed by atoms with van der Waals surface area (Å²) in [6, 6.07) is 8.75. The van der Waals surface area contributed by atoms with Crippen molar-refractivity contribution >= 4 is 35.6 Å². The molecule has 1 aromatic carbocycles. The standard InChI is InChI=1S/C18H20F2N4O3.HI/c19-16(20)11-27-17-12(3-1-6-22-17)10-23-18(21)24-13-4-5-14-15(9-13)26-8-2-7-25-14;/h1,3-6,9,16H,2,7-8,10-11H2,(H3,21,23,24);1H. The first kappa shape index (κ1) is 21.9. The van der Waals surface area contributed by atoms with Gasteiger partial charge < -0.3 is 25.3 Å². The minimum Gasteiger partial charge on any atom is -0.490 e. The van der Waals surface area contributed by atoms with Crippen LogP contribution in [0.3, 0.4) is 0 Å². The number of hydrogen-bond acceptors (Lipinski definition) is 5. The molecule has 0 saturated heterocycles. The number of rotatable bonds is 6. The molecule has 0 bridgehead atoms. The predicted molar refractivity (Wildman–Crippen MR) is 112 cm³/mol. The van der Waals surface area contributed by atoms with Gasteiger partial charge in [0.2, 0.25) is 5.88 Å². The van der Waals surface area contributed by atoms with Crippen molar-refractivity contribution in [3.05, 3.63) is 42.1 Å². The van der Waals surface area contributed by atoms with Crippen molar-refractivity contribution < 1.29 is 23.0 Å². The van der Waals surface area contributed by atoms with Gasteiger partial charge in [0.25, 0.3) is 6.43 Å². The molecule has 3 rings (SSSR count). The molecule has 3 N–H and O–H groups in total. The Hall–Kier alpha value is -2.37. The number of halogens is 3. The first-order valence-electron chi connectivity index (χ1n) is 8.43. The summed E-state index contributed by atoms with van der Waals surface area (Å²) in [7, 11) is 0. The van der Waals surface area contributed by atoms with Crippen LogP contribution in [0.25, 0.3) is 0 Å². The largest absolute Gasteiger partial charge is 0.490 e. The van der Waals surface area contributed by atoms with Crippen molar-refractivity contribution in [3.63, 3.8) is 0 Å². The summed E-state index contributed by atoms with van der Waals surface area (Å²) in [6.07, 6.45) is -0.287. The van der Waals surface area contributed by atoms with Gasteiger partial charge in [0.15, 0.2) is 24.1 Å². The fourth-order valence-electron chi connectivity index (χ4n) is 2.42. The molecule has 2 aromatic rings. The zero-order chi connectivity index (χ0) is 19.1. The average Bonchev–Trinajstić information content (AvgIpc) is 2.90. The van der Waals surface area contributed by atoms with Gasteiger partial charge in [-0.15, -0.1) is 24.0 Å². The average molecular weight is 506 g/mol. The van der Waals surface area contributed by atoms with E-state index >= 15 is 0 Å². The molecule has 0 saturated carbocycles. The normalized spacial score (nSPS) is 13.5. The molecule has 1 aliphatic heterocycles. The van der Waals surface area contributed by atoms with Gasteiger partial charge in [0.05, 0.1) is 19.8 Å². The zero-order valence-electron chi connectivity index (χ0n) is 14.9. The number of nitrogens with two attached hydrogens (primary N) is 1. The summed E-state index contributed by atoms with van der Waals surface area (Å²) < 4.78 is 40.9. The lowest BCUT2D eigenvalue weighted by atomic mass is 10.2. The Morgan fingerprint density at radius 3 is 2.82 bits per heavy atom. The summed E-state index contributed by atoms with van der Waals surface area (Å²) in [6.45, 7) is 0.612. The molecule has 0 fully saturated rings. The number of ether oxygens (including phenoxy) is 3. The second-order valence-electron chi connectivity index (χ2n) is 5.71. The quantitative estimate of drug-likeness (QED) is 0.355. The summed E-state index contributed by atoms with van der Waals surface area (Å²) in [5.74, 6) is 1.60. The van der Waals surface area contributed by atoms with Gasteiger partial charge in [0.1, 0.15) is 0 Å². The molecule has 1 aliphatic rings. The third kappa shape index (κ3) is 6.36. The molecule has 0 spiro atoms. The monoisotopic (exact) mass is 506 g/mol. The Kier molecular flexibility index (Phi) is 8.48. The predicted octanol–water partition coefficient (Wildman–Crippen LogP) is 3.43. The molecule has 152 valence electrons. The highest BCUT2D eigenvalue weighted by molar-refractivity contribution is 14.0. The topological polar surface area (TPSA) is 91.0 Å². The van der Waals surface area contributed by atoms with Crippen LogP contribution in [0.4, 0.5) is 14.5 Å². The molecule has 2 heterocycles.